The molecule has 1 heterocycles. The van der Waals surface area contributed by atoms with Gasteiger partial charge >= 0.3 is 6.03 Å². The maximum absolute atomic E-state index is 10.6. The summed E-state index contributed by atoms with van der Waals surface area (Å²) in [7, 11) is 0. The lowest BCUT2D eigenvalue weighted by atomic mass is 10.2. The van der Waals surface area contributed by atoms with E-state index in [1.807, 2.05) is 0 Å². The van der Waals surface area contributed by atoms with Crippen LogP contribution in [0, 0.1) is 0 Å². The van der Waals surface area contributed by atoms with E-state index in [1.165, 1.54) is 6.26 Å². The molecule has 3 N–H and O–H groups in total. The molecule has 1 aromatic heterocycles. The molecule has 0 fully saturated rings. The van der Waals surface area contributed by atoms with Gasteiger partial charge in [0.1, 0.15) is 6.26 Å². The van der Waals surface area contributed by atoms with Crippen molar-refractivity contribution in [3.8, 4) is 11.5 Å². The molecule has 5 heteroatoms. The van der Waals surface area contributed by atoms with Gasteiger partial charge in [0.15, 0.2) is 0 Å². The van der Waals surface area contributed by atoms with Crippen LogP contribution in [-0.2, 0) is 0 Å². The molecule has 0 bridgehead atoms. The number of primary amides is 1. The van der Waals surface area contributed by atoms with Crippen molar-refractivity contribution in [3.63, 3.8) is 0 Å². The lowest BCUT2D eigenvalue weighted by Gasteiger charge is -2.01. The minimum absolute atomic E-state index is 0.542. The summed E-state index contributed by atoms with van der Waals surface area (Å²) in [6.45, 7) is 0. The lowest BCUT2D eigenvalue weighted by molar-refractivity contribution is 0.259. The first-order valence-electron chi connectivity index (χ1n) is 4.32. The number of hydrogen-bond acceptors (Lipinski definition) is 3. The number of rotatable bonds is 2. The molecule has 2 amide bonds. The molecule has 0 aliphatic carbocycles. The number of nitrogens with one attached hydrogen (secondary N) is 1. The van der Waals surface area contributed by atoms with Gasteiger partial charge in [-0.3, -0.25) is 0 Å². The Morgan fingerprint density at radius 2 is 2.07 bits per heavy atom. The number of aromatic nitrogens is 1. The number of urea groups is 1. The van der Waals surface area contributed by atoms with Crippen LogP contribution in [0.15, 0.2) is 41.1 Å². The van der Waals surface area contributed by atoms with Crippen LogP contribution in [0.2, 0.25) is 0 Å². The van der Waals surface area contributed by atoms with Crippen molar-refractivity contribution in [2.24, 2.45) is 5.73 Å². The predicted octanol–water partition coefficient (Wildman–Crippen LogP) is 1.83. The zero-order chi connectivity index (χ0) is 10.7. The molecule has 0 atom stereocenters. The van der Waals surface area contributed by atoms with Gasteiger partial charge in [0.05, 0.1) is 6.20 Å². The van der Waals surface area contributed by atoms with E-state index in [-0.39, 0.29) is 0 Å². The van der Waals surface area contributed by atoms with Crippen LogP contribution in [0.1, 0.15) is 0 Å². The molecule has 5 nitrogen and oxygen atoms in total. The van der Waals surface area contributed by atoms with Gasteiger partial charge in [-0.05, 0) is 24.3 Å². The van der Waals surface area contributed by atoms with E-state index in [0.717, 1.165) is 5.56 Å². The number of benzene rings is 1. The standard InChI is InChI=1S/C10H9N3O2/c11-10(14)13-8-3-1-7(2-4-8)9-12-5-6-15-9/h1-6H,(H3,11,13,14). The summed E-state index contributed by atoms with van der Waals surface area (Å²) >= 11 is 0. The molecule has 0 saturated heterocycles. The third kappa shape index (κ3) is 2.14. The quantitative estimate of drug-likeness (QED) is 0.781. The number of carbonyl (C=O) groups is 1. The third-order valence-electron chi connectivity index (χ3n) is 1.83. The fourth-order valence-electron chi connectivity index (χ4n) is 1.20. The first-order valence-corrected chi connectivity index (χ1v) is 4.32. The van der Waals surface area contributed by atoms with Gasteiger partial charge in [0, 0.05) is 11.3 Å². The van der Waals surface area contributed by atoms with E-state index in [0.29, 0.717) is 11.6 Å². The second-order valence-electron chi connectivity index (χ2n) is 2.90. The topological polar surface area (TPSA) is 81.2 Å². The Balaban J connectivity index is 2.21. The van der Waals surface area contributed by atoms with Crippen LogP contribution in [0.25, 0.3) is 11.5 Å². The normalized spacial score (nSPS) is 9.87. The molecule has 0 aliphatic rings. The molecule has 0 radical (unpaired) electrons. The molecule has 15 heavy (non-hydrogen) atoms. The van der Waals surface area contributed by atoms with Crippen molar-refractivity contribution in [2.45, 2.75) is 0 Å². The van der Waals surface area contributed by atoms with Crippen molar-refractivity contribution in [2.75, 3.05) is 5.32 Å². The lowest BCUT2D eigenvalue weighted by Crippen LogP contribution is -2.19. The number of amides is 2. The molecule has 0 saturated carbocycles. The van der Waals surface area contributed by atoms with Gasteiger partial charge in [0.25, 0.3) is 0 Å². The number of anilines is 1. The number of carbonyl (C=O) groups excluding carboxylic acids is 1. The number of nitrogens with zero attached hydrogens (tertiary/aromatic N) is 1. The first-order chi connectivity index (χ1) is 7.25. The second kappa shape index (κ2) is 3.83. The summed E-state index contributed by atoms with van der Waals surface area (Å²) in [5.41, 5.74) is 6.46. The molecule has 76 valence electrons. The predicted molar refractivity (Wildman–Crippen MR) is 55.1 cm³/mol. The van der Waals surface area contributed by atoms with Crippen molar-refractivity contribution >= 4 is 11.7 Å². The maximum atomic E-state index is 10.6. The van der Waals surface area contributed by atoms with Crippen LogP contribution in [0.3, 0.4) is 0 Å². The Labute approximate surface area is 85.9 Å². The van der Waals surface area contributed by atoms with Crippen molar-refractivity contribution in [3.05, 3.63) is 36.7 Å². The highest BCUT2D eigenvalue weighted by Crippen LogP contribution is 2.19. The Morgan fingerprint density at radius 3 is 2.60 bits per heavy atom. The summed E-state index contributed by atoms with van der Waals surface area (Å²) in [6, 6.07) is 6.45. The van der Waals surface area contributed by atoms with E-state index in [4.69, 9.17) is 10.2 Å². The summed E-state index contributed by atoms with van der Waals surface area (Å²) < 4.78 is 5.12. The van der Waals surface area contributed by atoms with Gasteiger partial charge in [-0.1, -0.05) is 0 Å². The van der Waals surface area contributed by atoms with Gasteiger partial charge in [0.2, 0.25) is 5.89 Å². The van der Waals surface area contributed by atoms with E-state index in [2.05, 4.69) is 10.3 Å². The molecular weight excluding hydrogens is 194 g/mol. The van der Waals surface area contributed by atoms with Crippen LogP contribution in [0.5, 0.6) is 0 Å². The zero-order valence-electron chi connectivity index (χ0n) is 7.81. The van der Waals surface area contributed by atoms with E-state index in [9.17, 15) is 4.79 Å². The molecule has 0 spiro atoms. The Morgan fingerprint density at radius 1 is 1.33 bits per heavy atom. The molecular formula is C10H9N3O2. The third-order valence-corrected chi connectivity index (χ3v) is 1.83. The number of nitrogens with two attached hydrogens (primary N) is 1. The summed E-state index contributed by atoms with van der Waals surface area (Å²) in [5, 5.41) is 2.47. The molecule has 2 aromatic rings. The van der Waals surface area contributed by atoms with Gasteiger partial charge in [-0.15, -0.1) is 0 Å². The summed E-state index contributed by atoms with van der Waals surface area (Å²) in [5.74, 6) is 0.542. The number of hydrogen-bond donors (Lipinski definition) is 2. The smallest absolute Gasteiger partial charge is 0.316 e. The Hall–Kier alpha value is -2.30. The van der Waals surface area contributed by atoms with Crippen LogP contribution >= 0.6 is 0 Å². The highest BCUT2D eigenvalue weighted by molar-refractivity contribution is 5.88. The van der Waals surface area contributed by atoms with E-state index < -0.39 is 6.03 Å². The summed E-state index contributed by atoms with van der Waals surface area (Å²) in [4.78, 5) is 14.6. The van der Waals surface area contributed by atoms with Gasteiger partial charge < -0.3 is 15.5 Å². The molecule has 2 rings (SSSR count). The monoisotopic (exact) mass is 203 g/mol. The fourth-order valence-corrected chi connectivity index (χ4v) is 1.20. The average molecular weight is 203 g/mol. The van der Waals surface area contributed by atoms with Gasteiger partial charge in [-0.2, -0.15) is 0 Å². The van der Waals surface area contributed by atoms with Crippen molar-refractivity contribution in [1.82, 2.24) is 4.98 Å². The van der Waals surface area contributed by atoms with Crippen LogP contribution < -0.4 is 11.1 Å². The molecule has 0 unspecified atom stereocenters. The second-order valence-corrected chi connectivity index (χ2v) is 2.90. The Kier molecular flexibility index (Phi) is 2.37. The minimum atomic E-state index is -0.584. The summed E-state index contributed by atoms with van der Waals surface area (Å²) in [6.07, 6.45) is 3.08. The first kappa shape index (κ1) is 9.26. The van der Waals surface area contributed by atoms with Crippen LogP contribution in [-0.4, -0.2) is 11.0 Å². The van der Waals surface area contributed by atoms with Crippen LogP contribution in [0.4, 0.5) is 10.5 Å². The van der Waals surface area contributed by atoms with Gasteiger partial charge in [-0.25, -0.2) is 9.78 Å². The fraction of sp³-hybridized carbons (Fsp3) is 0. The molecule has 0 aliphatic heterocycles. The SMILES string of the molecule is NC(=O)Nc1ccc(-c2ncco2)cc1. The highest BCUT2D eigenvalue weighted by Gasteiger charge is 2.02. The van der Waals surface area contributed by atoms with Crippen molar-refractivity contribution in [1.29, 1.82) is 0 Å². The number of oxazole rings is 1. The highest BCUT2D eigenvalue weighted by atomic mass is 16.3. The zero-order valence-corrected chi connectivity index (χ0v) is 7.81. The average Bonchev–Trinajstić information content (AvgIpc) is 2.71. The largest absolute Gasteiger partial charge is 0.445 e. The van der Waals surface area contributed by atoms with E-state index in [1.54, 1.807) is 30.5 Å². The molecule has 1 aromatic carbocycles. The maximum Gasteiger partial charge on any atom is 0.316 e. The van der Waals surface area contributed by atoms with Crippen molar-refractivity contribution < 1.29 is 9.21 Å². The Bertz CT molecular complexity index is 448. The minimum Gasteiger partial charge on any atom is -0.445 e. The van der Waals surface area contributed by atoms with E-state index >= 15 is 0 Å².